The van der Waals surface area contributed by atoms with Crippen LogP contribution in [-0.2, 0) is 22.1 Å². The van der Waals surface area contributed by atoms with Crippen molar-refractivity contribution in [1.29, 1.82) is 0 Å². The Bertz CT molecular complexity index is 366. The molecule has 0 radical (unpaired) electrons. The molecule has 3 heteroatoms. The molecule has 0 aliphatic rings. The van der Waals surface area contributed by atoms with Crippen molar-refractivity contribution in [2.75, 3.05) is 12.5 Å². The van der Waals surface area contributed by atoms with Gasteiger partial charge in [-0.3, -0.25) is 0 Å². The van der Waals surface area contributed by atoms with E-state index in [4.69, 9.17) is 0 Å². The van der Waals surface area contributed by atoms with Crippen LogP contribution in [0.5, 0.6) is 0 Å². The largest absolute Gasteiger partial charge is 0.545 e. The lowest BCUT2D eigenvalue weighted by Crippen LogP contribution is -2.24. The average Bonchev–Trinajstić information content (AvgIpc) is 2.18. The van der Waals surface area contributed by atoms with Gasteiger partial charge in [0.2, 0.25) is 0 Å². The van der Waals surface area contributed by atoms with Crippen LogP contribution in [0.15, 0.2) is 41.3 Å². The smallest absolute Gasteiger partial charge is 0.154 e. The summed E-state index contributed by atoms with van der Waals surface area (Å²) >= 11 is 0. The molecular weight excluding hydrogens is 208 g/mol. The van der Waals surface area contributed by atoms with Gasteiger partial charge in [0.05, 0.1) is 5.97 Å². The number of hydrogen-bond donors (Lipinski definition) is 0. The molecule has 0 bridgehead atoms. The first-order valence-electron chi connectivity index (χ1n) is 4.56. The van der Waals surface area contributed by atoms with E-state index in [1.54, 1.807) is 0 Å². The fourth-order valence-electron chi connectivity index (χ4n) is 1.20. The van der Waals surface area contributed by atoms with E-state index < -0.39 is 5.97 Å². The normalized spacial score (nSPS) is 10.3. The van der Waals surface area contributed by atoms with E-state index >= 15 is 0 Å². The molecule has 0 aromatic heterocycles. The molecule has 0 amide bonds. The molecule has 0 saturated carbocycles. The van der Waals surface area contributed by atoms with Gasteiger partial charge in [-0.15, -0.1) is 0 Å². The molecule has 80 valence electrons. The van der Waals surface area contributed by atoms with Crippen molar-refractivity contribution in [3.8, 4) is 0 Å². The van der Waals surface area contributed by atoms with Crippen LogP contribution < -0.4 is 5.11 Å². The number of benzene rings is 1. The Balaban J connectivity index is 2.73. The Morgan fingerprint density at radius 3 is 2.27 bits per heavy atom. The minimum atomic E-state index is -1.18. The second-order valence-corrected chi connectivity index (χ2v) is 5.63. The molecule has 0 saturated heterocycles. The van der Waals surface area contributed by atoms with Gasteiger partial charge in [0.15, 0.2) is 4.90 Å². The summed E-state index contributed by atoms with van der Waals surface area (Å²) in [6.07, 6.45) is 4.65. The highest BCUT2D eigenvalue weighted by molar-refractivity contribution is 7.95. The lowest BCUT2D eigenvalue weighted by molar-refractivity contribution is -0.299. The predicted molar refractivity (Wildman–Crippen MR) is 61.8 cm³/mol. The van der Waals surface area contributed by atoms with Crippen molar-refractivity contribution >= 4 is 16.9 Å². The van der Waals surface area contributed by atoms with Crippen LogP contribution in [0.1, 0.15) is 5.56 Å². The minimum Gasteiger partial charge on any atom is -0.545 e. The standard InChI is InChI=1S/C12H14O2S/c1-9(12(13)14)8-10-4-6-11(7-5-10)15(2)3/h4-7H,1,8H2,2-3H3. The molecule has 0 aliphatic carbocycles. The molecule has 0 unspecified atom stereocenters. The zero-order valence-corrected chi connectivity index (χ0v) is 9.76. The van der Waals surface area contributed by atoms with Crippen LogP contribution in [0.2, 0.25) is 0 Å². The molecule has 0 atom stereocenters. The summed E-state index contributed by atoms with van der Waals surface area (Å²) in [4.78, 5) is 11.7. The van der Waals surface area contributed by atoms with Crippen LogP contribution in [-0.4, -0.2) is 18.5 Å². The highest BCUT2D eigenvalue weighted by Crippen LogP contribution is 2.12. The van der Waals surface area contributed by atoms with Crippen molar-refractivity contribution in [3.63, 3.8) is 0 Å². The Hall–Kier alpha value is -1.22. The third-order valence-electron chi connectivity index (χ3n) is 2.10. The number of rotatable bonds is 4. The van der Waals surface area contributed by atoms with E-state index in [9.17, 15) is 9.90 Å². The van der Waals surface area contributed by atoms with Crippen LogP contribution >= 0.6 is 0 Å². The second-order valence-electron chi connectivity index (χ2n) is 3.53. The summed E-state index contributed by atoms with van der Waals surface area (Å²) < 4.78 is 0. The summed E-state index contributed by atoms with van der Waals surface area (Å²) in [6.45, 7) is 3.45. The van der Waals surface area contributed by atoms with E-state index in [2.05, 4.69) is 19.1 Å². The first-order valence-corrected chi connectivity index (χ1v) is 6.60. The molecule has 15 heavy (non-hydrogen) atoms. The second kappa shape index (κ2) is 5.03. The summed E-state index contributed by atoms with van der Waals surface area (Å²) in [5.74, 6) is -1.18. The van der Waals surface area contributed by atoms with Gasteiger partial charge >= 0.3 is 0 Å². The molecule has 1 aromatic rings. The Morgan fingerprint density at radius 1 is 1.33 bits per heavy atom. The maximum absolute atomic E-state index is 10.5. The van der Waals surface area contributed by atoms with E-state index in [0.29, 0.717) is 6.42 Å². The van der Waals surface area contributed by atoms with Crippen LogP contribution in [0.25, 0.3) is 0 Å². The molecule has 0 aliphatic heterocycles. The number of carbonyl (C=O) groups is 1. The molecule has 0 fully saturated rings. The van der Waals surface area contributed by atoms with Crippen molar-refractivity contribution in [3.05, 3.63) is 42.0 Å². The lowest BCUT2D eigenvalue weighted by atomic mass is 10.1. The fourth-order valence-corrected chi connectivity index (χ4v) is 1.88. The van der Waals surface area contributed by atoms with Crippen molar-refractivity contribution < 1.29 is 9.90 Å². The van der Waals surface area contributed by atoms with Gasteiger partial charge < -0.3 is 9.90 Å². The molecule has 2 nitrogen and oxygen atoms in total. The third kappa shape index (κ3) is 3.44. The van der Waals surface area contributed by atoms with Gasteiger partial charge in [0.25, 0.3) is 0 Å². The molecule has 1 aromatic carbocycles. The van der Waals surface area contributed by atoms with Crippen LogP contribution in [0.3, 0.4) is 0 Å². The molecular formula is C12H14O2S. The number of carboxylic acids is 1. The first kappa shape index (κ1) is 11.9. The fraction of sp³-hybridized carbons (Fsp3) is 0.250. The topological polar surface area (TPSA) is 40.1 Å². The Labute approximate surface area is 93.0 Å². The third-order valence-corrected chi connectivity index (χ3v) is 3.32. The van der Waals surface area contributed by atoms with E-state index in [1.165, 1.54) is 4.90 Å². The molecule has 0 N–H and O–H groups in total. The summed E-state index contributed by atoms with van der Waals surface area (Å²) in [5.41, 5.74) is 1.08. The molecule has 0 spiro atoms. The maximum atomic E-state index is 10.5. The summed E-state index contributed by atoms with van der Waals surface area (Å²) in [6, 6.07) is 7.94. The summed E-state index contributed by atoms with van der Waals surface area (Å²) in [7, 11) is 0.240. The number of aliphatic carboxylic acids is 1. The van der Waals surface area contributed by atoms with Gasteiger partial charge in [-0.05, 0) is 29.7 Å². The van der Waals surface area contributed by atoms with E-state index in [0.717, 1.165) is 5.56 Å². The zero-order chi connectivity index (χ0) is 11.4. The quantitative estimate of drug-likeness (QED) is 0.558. The molecule has 1 rings (SSSR count). The Kier molecular flexibility index (Phi) is 3.97. The molecule has 0 heterocycles. The van der Waals surface area contributed by atoms with E-state index in [-0.39, 0.29) is 16.5 Å². The Morgan fingerprint density at radius 2 is 1.87 bits per heavy atom. The zero-order valence-electron chi connectivity index (χ0n) is 8.95. The van der Waals surface area contributed by atoms with Crippen LogP contribution in [0, 0.1) is 0 Å². The number of carbonyl (C=O) groups excluding carboxylic acids is 1. The number of hydrogen-bond acceptors (Lipinski definition) is 2. The SMILES string of the molecule is C=C(Cc1ccc([S+](C)C)cc1)C(=O)[O-]. The van der Waals surface area contributed by atoms with Gasteiger partial charge in [-0.25, -0.2) is 0 Å². The first-order chi connectivity index (χ1) is 7.00. The van der Waals surface area contributed by atoms with Crippen molar-refractivity contribution in [2.45, 2.75) is 11.3 Å². The monoisotopic (exact) mass is 222 g/mol. The lowest BCUT2D eigenvalue weighted by Gasteiger charge is -2.06. The van der Waals surface area contributed by atoms with Gasteiger partial charge in [0.1, 0.15) is 12.5 Å². The van der Waals surface area contributed by atoms with Crippen LogP contribution in [0.4, 0.5) is 0 Å². The minimum absolute atomic E-state index is 0.120. The number of carboxylic acid groups (broad SMARTS) is 1. The van der Waals surface area contributed by atoms with Crippen molar-refractivity contribution in [2.24, 2.45) is 0 Å². The van der Waals surface area contributed by atoms with E-state index in [1.807, 2.05) is 24.3 Å². The van der Waals surface area contributed by atoms with Gasteiger partial charge in [-0.1, -0.05) is 18.7 Å². The van der Waals surface area contributed by atoms with Gasteiger partial charge in [0, 0.05) is 10.9 Å². The van der Waals surface area contributed by atoms with Gasteiger partial charge in [-0.2, -0.15) is 0 Å². The average molecular weight is 222 g/mol. The maximum Gasteiger partial charge on any atom is 0.154 e. The predicted octanol–water partition coefficient (Wildman–Crippen LogP) is 0.772. The highest BCUT2D eigenvalue weighted by atomic mass is 32.2. The highest BCUT2D eigenvalue weighted by Gasteiger charge is 2.07. The summed E-state index contributed by atoms with van der Waals surface area (Å²) in [5, 5.41) is 10.5. The van der Waals surface area contributed by atoms with Crippen molar-refractivity contribution in [1.82, 2.24) is 0 Å².